The molecule has 4 bridgehead atoms. The summed E-state index contributed by atoms with van der Waals surface area (Å²) in [5.41, 5.74) is 0. The fourth-order valence-corrected chi connectivity index (χ4v) is 5.59. The molecule has 18 heavy (non-hydrogen) atoms. The Kier molecular flexibility index (Phi) is 3.12. The first-order chi connectivity index (χ1) is 8.88. The molecule has 0 spiro atoms. The summed E-state index contributed by atoms with van der Waals surface area (Å²) >= 11 is 0. The zero-order valence-electron chi connectivity index (χ0n) is 11.4. The van der Waals surface area contributed by atoms with Crippen LogP contribution in [0.2, 0.25) is 0 Å². The molecule has 5 rings (SSSR count). The molecule has 2 nitrogen and oxygen atoms in total. The fraction of sp³-hybridized carbons (Fsp3) is 1.00. The summed E-state index contributed by atoms with van der Waals surface area (Å²) in [5, 5.41) is 3.73. The van der Waals surface area contributed by atoms with Crippen LogP contribution in [0.4, 0.5) is 0 Å². The van der Waals surface area contributed by atoms with Crippen molar-refractivity contribution in [2.24, 2.45) is 29.6 Å². The van der Waals surface area contributed by atoms with Gasteiger partial charge in [-0.05, 0) is 81.1 Å². The van der Waals surface area contributed by atoms with Gasteiger partial charge in [0.25, 0.3) is 0 Å². The van der Waals surface area contributed by atoms with Gasteiger partial charge in [-0.2, -0.15) is 0 Å². The minimum Gasteiger partial charge on any atom is -0.377 e. The standard InChI is InChI=1S/C16H27NO/c1-2-15(18-3-1)9-17-10-16-13-5-11-4-12(7-13)8-14(16)6-11/h11-17H,1-10H2. The number of rotatable bonds is 4. The predicted octanol–water partition coefficient (Wildman–Crippen LogP) is 2.83. The molecule has 1 saturated heterocycles. The van der Waals surface area contributed by atoms with Crippen molar-refractivity contribution in [1.29, 1.82) is 0 Å². The van der Waals surface area contributed by atoms with E-state index in [9.17, 15) is 0 Å². The summed E-state index contributed by atoms with van der Waals surface area (Å²) in [5.74, 6) is 5.36. The summed E-state index contributed by atoms with van der Waals surface area (Å²) in [7, 11) is 0. The minimum atomic E-state index is 0.516. The summed E-state index contributed by atoms with van der Waals surface area (Å²) in [6, 6.07) is 0. The quantitative estimate of drug-likeness (QED) is 0.827. The first-order valence-electron chi connectivity index (χ1n) is 8.21. The van der Waals surface area contributed by atoms with Gasteiger partial charge in [-0.25, -0.2) is 0 Å². The second-order valence-corrected chi connectivity index (χ2v) is 7.39. The molecule has 102 valence electrons. The van der Waals surface area contributed by atoms with Crippen molar-refractivity contribution >= 4 is 0 Å². The normalized spacial score (nSPS) is 50.0. The number of ether oxygens (including phenoxy) is 1. The van der Waals surface area contributed by atoms with Crippen LogP contribution in [0, 0.1) is 29.6 Å². The highest BCUT2D eigenvalue weighted by atomic mass is 16.5. The van der Waals surface area contributed by atoms with Crippen LogP contribution in [0.5, 0.6) is 0 Å². The van der Waals surface area contributed by atoms with Crippen LogP contribution in [-0.4, -0.2) is 25.8 Å². The molecule has 0 amide bonds. The van der Waals surface area contributed by atoms with E-state index in [1.807, 2.05) is 0 Å². The Balaban J connectivity index is 1.29. The molecule has 0 aromatic rings. The number of hydrogen-bond donors (Lipinski definition) is 1. The SMILES string of the molecule is C1COC(CNCC2C3CC4CC(C3)CC2C4)C1. The molecule has 2 heteroatoms. The average Bonchev–Trinajstić information content (AvgIpc) is 2.85. The van der Waals surface area contributed by atoms with Gasteiger partial charge in [0, 0.05) is 13.2 Å². The van der Waals surface area contributed by atoms with Gasteiger partial charge < -0.3 is 10.1 Å². The third-order valence-corrected chi connectivity index (χ3v) is 6.20. The second kappa shape index (κ2) is 4.79. The smallest absolute Gasteiger partial charge is 0.0700 e. The van der Waals surface area contributed by atoms with E-state index in [0.29, 0.717) is 6.10 Å². The highest BCUT2D eigenvalue weighted by molar-refractivity contribution is 4.98. The molecule has 4 aliphatic carbocycles. The molecule has 5 aliphatic rings. The van der Waals surface area contributed by atoms with E-state index in [-0.39, 0.29) is 0 Å². The van der Waals surface area contributed by atoms with E-state index in [4.69, 9.17) is 4.74 Å². The van der Waals surface area contributed by atoms with Crippen molar-refractivity contribution in [3.8, 4) is 0 Å². The zero-order chi connectivity index (χ0) is 11.9. The van der Waals surface area contributed by atoms with Crippen molar-refractivity contribution in [2.45, 2.75) is 51.0 Å². The van der Waals surface area contributed by atoms with Crippen LogP contribution < -0.4 is 5.32 Å². The lowest BCUT2D eigenvalue weighted by molar-refractivity contribution is -0.0363. The van der Waals surface area contributed by atoms with E-state index in [1.165, 1.54) is 19.4 Å². The van der Waals surface area contributed by atoms with Crippen molar-refractivity contribution < 1.29 is 4.74 Å². The Morgan fingerprint density at radius 2 is 1.61 bits per heavy atom. The lowest BCUT2D eigenvalue weighted by Crippen LogP contribution is -2.49. The Labute approximate surface area is 111 Å². The highest BCUT2D eigenvalue weighted by Crippen LogP contribution is 2.56. The van der Waals surface area contributed by atoms with Crippen LogP contribution in [0.25, 0.3) is 0 Å². The maximum atomic E-state index is 5.70. The maximum Gasteiger partial charge on any atom is 0.0700 e. The molecule has 1 aliphatic heterocycles. The third-order valence-electron chi connectivity index (χ3n) is 6.20. The van der Waals surface area contributed by atoms with Crippen LogP contribution in [0.15, 0.2) is 0 Å². The number of nitrogens with one attached hydrogen (secondary N) is 1. The Morgan fingerprint density at radius 1 is 0.889 bits per heavy atom. The topological polar surface area (TPSA) is 21.3 Å². The molecule has 1 atom stereocenters. The molecule has 1 unspecified atom stereocenters. The predicted molar refractivity (Wildman–Crippen MR) is 72.4 cm³/mol. The summed E-state index contributed by atoms with van der Waals surface area (Å²) in [6.07, 6.45) is 10.8. The fourth-order valence-electron chi connectivity index (χ4n) is 5.59. The third kappa shape index (κ3) is 2.12. The monoisotopic (exact) mass is 249 g/mol. The lowest BCUT2D eigenvalue weighted by atomic mass is 9.52. The Bertz CT molecular complexity index is 269. The molecule has 0 aromatic carbocycles. The second-order valence-electron chi connectivity index (χ2n) is 7.39. The molecule has 4 saturated carbocycles. The van der Waals surface area contributed by atoms with Gasteiger partial charge in [0.15, 0.2) is 0 Å². The van der Waals surface area contributed by atoms with Crippen LogP contribution >= 0.6 is 0 Å². The largest absolute Gasteiger partial charge is 0.377 e. The lowest BCUT2D eigenvalue weighted by Gasteiger charge is -2.54. The van der Waals surface area contributed by atoms with Gasteiger partial charge in [-0.1, -0.05) is 0 Å². The molecule has 5 fully saturated rings. The zero-order valence-corrected chi connectivity index (χ0v) is 11.4. The van der Waals surface area contributed by atoms with Crippen LogP contribution in [-0.2, 0) is 4.74 Å². The van der Waals surface area contributed by atoms with Gasteiger partial charge in [0.1, 0.15) is 0 Å². The molecule has 0 aromatic heterocycles. The number of hydrogen-bond acceptors (Lipinski definition) is 2. The first kappa shape index (κ1) is 11.7. The molecular weight excluding hydrogens is 222 g/mol. The average molecular weight is 249 g/mol. The van der Waals surface area contributed by atoms with E-state index < -0.39 is 0 Å². The van der Waals surface area contributed by atoms with Crippen molar-refractivity contribution in [1.82, 2.24) is 5.32 Å². The van der Waals surface area contributed by atoms with Gasteiger partial charge in [-0.3, -0.25) is 0 Å². The van der Waals surface area contributed by atoms with E-state index >= 15 is 0 Å². The first-order valence-corrected chi connectivity index (χ1v) is 8.21. The van der Waals surface area contributed by atoms with Crippen LogP contribution in [0.3, 0.4) is 0 Å². The van der Waals surface area contributed by atoms with E-state index in [1.54, 1.807) is 32.1 Å². The summed E-state index contributed by atoms with van der Waals surface area (Å²) in [6.45, 7) is 3.36. The molecule has 0 radical (unpaired) electrons. The van der Waals surface area contributed by atoms with Gasteiger partial charge in [0.05, 0.1) is 6.10 Å². The summed E-state index contributed by atoms with van der Waals surface area (Å²) in [4.78, 5) is 0. The van der Waals surface area contributed by atoms with E-state index in [0.717, 1.165) is 42.7 Å². The molecular formula is C16H27NO. The van der Waals surface area contributed by atoms with Gasteiger partial charge >= 0.3 is 0 Å². The summed E-state index contributed by atoms with van der Waals surface area (Å²) < 4.78 is 5.70. The van der Waals surface area contributed by atoms with Crippen molar-refractivity contribution in [3.05, 3.63) is 0 Å². The van der Waals surface area contributed by atoms with Crippen molar-refractivity contribution in [3.63, 3.8) is 0 Å². The Morgan fingerprint density at radius 3 is 2.22 bits per heavy atom. The molecule has 1 heterocycles. The minimum absolute atomic E-state index is 0.516. The van der Waals surface area contributed by atoms with Crippen LogP contribution in [0.1, 0.15) is 44.9 Å². The van der Waals surface area contributed by atoms with E-state index in [2.05, 4.69) is 5.32 Å². The highest BCUT2D eigenvalue weighted by Gasteiger charge is 2.47. The van der Waals surface area contributed by atoms with Gasteiger partial charge in [-0.15, -0.1) is 0 Å². The Hall–Kier alpha value is -0.0800. The van der Waals surface area contributed by atoms with Gasteiger partial charge in [0.2, 0.25) is 0 Å². The van der Waals surface area contributed by atoms with Crippen molar-refractivity contribution in [2.75, 3.05) is 19.7 Å². The maximum absolute atomic E-state index is 5.70. The molecule has 1 N–H and O–H groups in total.